The summed E-state index contributed by atoms with van der Waals surface area (Å²) in [6, 6.07) is 10.6. The molecule has 1 amide bonds. The van der Waals surface area contributed by atoms with Crippen molar-refractivity contribution >= 4 is 57.6 Å². The van der Waals surface area contributed by atoms with Crippen LogP contribution in [0, 0.1) is 0 Å². The number of hydrogen-bond acceptors (Lipinski definition) is 5. The number of thioether (sulfide) groups is 1. The van der Waals surface area contributed by atoms with E-state index in [-0.39, 0.29) is 11.5 Å². The summed E-state index contributed by atoms with van der Waals surface area (Å²) in [5.41, 5.74) is 1.20. The summed E-state index contributed by atoms with van der Waals surface area (Å²) in [6.07, 6.45) is 1.80. The van der Waals surface area contributed by atoms with Crippen molar-refractivity contribution < 1.29 is 14.7 Å². The molecule has 1 aliphatic rings. The van der Waals surface area contributed by atoms with E-state index in [0.717, 1.165) is 15.3 Å². The Labute approximate surface area is 139 Å². The number of carboxylic acids is 1. The summed E-state index contributed by atoms with van der Waals surface area (Å²) in [7, 11) is 0. The van der Waals surface area contributed by atoms with Crippen LogP contribution < -0.4 is 5.32 Å². The van der Waals surface area contributed by atoms with Crippen LogP contribution in [0.1, 0.15) is 15.2 Å². The first-order valence-corrected chi connectivity index (χ1v) is 8.25. The Bertz CT molecular complexity index is 806. The Morgan fingerprint density at radius 3 is 2.50 bits per heavy atom. The third-order valence-electron chi connectivity index (χ3n) is 2.96. The minimum atomic E-state index is -0.941. The zero-order valence-corrected chi connectivity index (χ0v) is 13.5. The zero-order chi connectivity index (χ0) is 15.7. The molecule has 2 N–H and O–H groups in total. The minimum Gasteiger partial charge on any atom is -0.478 e. The van der Waals surface area contributed by atoms with Gasteiger partial charge in [0.2, 0.25) is 0 Å². The lowest BCUT2D eigenvalue weighted by atomic mass is 10.1. The van der Waals surface area contributed by atoms with Crippen molar-refractivity contribution in [2.24, 2.45) is 0 Å². The number of thiophene rings is 1. The normalized spacial score (nSPS) is 16.1. The number of rotatable bonds is 3. The molecule has 0 bridgehead atoms. The number of hydrogen-bond donors (Lipinski definition) is 2. The van der Waals surface area contributed by atoms with Crippen LogP contribution in [0.2, 0.25) is 0 Å². The maximum Gasteiger partial charge on any atom is 0.335 e. The fourth-order valence-corrected chi connectivity index (χ4v) is 3.98. The summed E-state index contributed by atoms with van der Waals surface area (Å²) in [4.78, 5) is 25.0. The molecule has 0 unspecified atom stereocenters. The van der Waals surface area contributed by atoms with Crippen LogP contribution in [0.4, 0.5) is 0 Å². The second-order valence-electron chi connectivity index (χ2n) is 4.44. The van der Waals surface area contributed by atoms with Crippen LogP contribution in [-0.2, 0) is 4.79 Å². The van der Waals surface area contributed by atoms with Gasteiger partial charge in [-0.1, -0.05) is 36.1 Å². The molecule has 2 heterocycles. The van der Waals surface area contributed by atoms with Gasteiger partial charge in [0.25, 0.3) is 5.91 Å². The molecule has 4 nitrogen and oxygen atoms in total. The van der Waals surface area contributed by atoms with Crippen LogP contribution in [0.15, 0.2) is 41.3 Å². The third-order valence-corrected chi connectivity index (χ3v) is 5.20. The maximum absolute atomic E-state index is 11.6. The molecule has 0 aliphatic carbocycles. The van der Waals surface area contributed by atoms with Crippen molar-refractivity contribution in [1.82, 2.24) is 5.32 Å². The molecule has 2 aromatic rings. The SMILES string of the molecule is O=C1NC(=S)S/C1=C\c1ccc(-c2ccc(C(=O)O)cc2)s1. The quantitative estimate of drug-likeness (QED) is 0.656. The predicted octanol–water partition coefficient (Wildman–Crippen LogP) is 3.60. The van der Waals surface area contributed by atoms with Gasteiger partial charge in [-0.2, -0.15) is 0 Å². The Kier molecular flexibility index (Phi) is 4.10. The number of benzene rings is 1. The Morgan fingerprint density at radius 1 is 1.18 bits per heavy atom. The van der Waals surface area contributed by atoms with Crippen molar-refractivity contribution in [3.05, 3.63) is 51.7 Å². The second-order valence-corrected chi connectivity index (χ2v) is 7.27. The molecule has 1 aromatic heterocycles. The van der Waals surface area contributed by atoms with Gasteiger partial charge in [-0.25, -0.2) is 4.79 Å². The molecule has 0 atom stereocenters. The highest BCUT2D eigenvalue weighted by molar-refractivity contribution is 8.26. The largest absolute Gasteiger partial charge is 0.478 e. The number of carboxylic acid groups (broad SMARTS) is 1. The average Bonchev–Trinajstić information content (AvgIpc) is 3.06. The molecule has 110 valence electrons. The van der Waals surface area contributed by atoms with Crippen LogP contribution >= 0.6 is 35.3 Å². The van der Waals surface area contributed by atoms with Crippen LogP contribution in [-0.4, -0.2) is 21.3 Å². The van der Waals surface area contributed by atoms with Crippen molar-refractivity contribution in [1.29, 1.82) is 0 Å². The Balaban J connectivity index is 1.85. The fourth-order valence-electron chi connectivity index (χ4n) is 1.91. The van der Waals surface area contributed by atoms with E-state index in [2.05, 4.69) is 5.32 Å². The van der Waals surface area contributed by atoms with Gasteiger partial charge in [0.1, 0.15) is 4.32 Å². The monoisotopic (exact) mass is 347 g/mol. The van der Waals surface area contributed by atoms with Crippen molar-refractivity contribution in [3.63, 3.8) is 0 Å². The van der Waals surface area contributed by atoms with E-state index in [9.17, 15) is 9.59 Å². The number of nitrogens with one attached hydrogen (secondary N) is 1. The topological polar surface area (TPSA) is 66.4 Å². The van der Waals surface area contributed by atoms with Gasteiger partial charge in [0, 0.05) is 9.75 Å². The number of carbonyl (C=O) groups is 2. The first-order chi connectivity index (χ1) is 10.5. The molecule has 22 heavy (non-hydrogen) atoms. The van der Waals surface area contributed by atoms with Gasteiger partial charge in [0.05, 0.1) is 10.5 Å². The third kappa shape index (κ3) is 3.11. The van der Waals surface area contributed by atoms with Crippen LogP contribution in [0.3, 0.4) is 0 Å². The molecule has 1 fully saturated rings. The summed E-state index contributed by atoms with van der Waals surface area (Å²) in [6.45, 7) is 0. The molecular weight excluding hydrogens is 338 g/mol. The lowest BCUT2D eigenvalue weighted by molar-refractivity contribution is -0.115. The lowest BCUT2D eigenvalue weighted by Gasteiger charge is -1.98. The Hall–Kier alpha value is -1.96. The molecule has 1 aromatic carbocycles. The van der Waals surface area contributed by atoms with Crippen molar-refractivity contribution in [2.45, 2.75) is 0 Å². The van der Waals surface area contributed by atoms with Crippen molar-refractivity contribution in [2.75, 3.05) is 0 Å². The minimum absolute atomic E-state index is 0.171. The van der Waals surface area contributed by atoms with E-state index in [1.807, 2.05) is 12.1 Å². The average molecular weight is 347 g/mol. The van der Waals surface area contributed by atoms with Gasteiger partial charge in [-0.05, 0) is 35.9 Å². The first-order valence-electron chi connectivity index (χ1n) is 6.21. The highest BCUT2D eigenvalue weighted by atomic mass is 32.2. The summed E-state index contributed by atoms with van der Waals surface area (Å²) >= 11 is 7.73. The van der Waals surface area contributed by atoms with Gasteiger partial charge in [-0.15, -0.1) is 11.3 Å². The van der Waals surface area contributed by atoms with E-state index in [1.54, 1.807) is 30.3 Å². The van der Waals surface area contributed by atoms with E-state index in [4.69, 9.17) is 17.3 Å². The molecule has 0 saturated carbocycles. The summed E-state index contributed by atoms with van der Waals surface area (Å²) in [5, 5.41) is 11.5. The fraction of sp³-hybridized carbons (Fsp3) is 0. The molecule has 0 radical (unpaired) electrons. The maximum atomic E-state index is 11.6. The molecule has 3 rings (SSSR count). The van der Waals surface area contributed by atoms with Gasteiger partial charge in [-0.3, -0.25) is 4.79 Å². The Morgan fingerprint density at radius 2 is 1.91 bits per heavy atom. The molecule has 1 aliphatic heterocycles. The second kappa shape index (κ2) is 6.04. The number of aromatic carboxylic acids is 1. The summed E-state index contributed by atoms with van der Waals surface area (Å²) in [5.74, 6) is -1.11. The number of amides is 1. The van der Waals surface area contributed by atoms with Gasteiger partial charge >= 0.3 is 5.97 Å². The standard InChI is InChI=1S/C15H9NO3S3/c17-13-12(22-15(20)16-13)7-10-5-6-11(21-10)8-1-3-9(4-2-8)14(18)19/h1-7H,(H,18,19)(H,16,17,20)/b12-7-. The summed E-state index contributed by atoms with van der Waals surface area (Å²) < 4.78 is 0.470. The molecule has 1 saturated heterocycles. The van der Waals surface area contributed by atoms with Crippen molar-refractivity contribution in [3.8, 4) is 10.4 Å². The number of thiocarbonyl (C=S) groups is 1. The molecule has 0 spiro atoms. The highest BCUT2D eigenvalue weighted by Crippen LogP contribution is 2.32. The molecule has 7 heteroatoms. The lowest BCUT2D eigenvalue weighted by Crippen LogP contribution is -2.17. The first kappa shape index (κ1) is 15.0. The molecular formula is C15H9NO3S3. The van der Waals surface area contributed by atoms with Crippen LogP contribution in [0.5, 0.6) is 0 Å². The number of carbonyl (C=O) groups excluding carboxylic acids is 1. The van der Waals surface area contributed by atoms with E-state index >= 15 is 0 Å². The van der Waals surface area contributed by atoms with E-state index in [1.165, 1.54) is 23.1 Å². The van der Waals surface area contributed by atoms with Gasteiger partial charge in [0.15, 0.2) is 0 Å². The zero-order valence-electron chi connectivity index (χ0n) is 11.0. The highest BCUT2D eigenvalue weighted by Gasteiger charge is 2.22. The van der Waals surface area contributed by atoms with Gasteiger partial charge < -0.3 is 10.4 Å². The smallest absolute Gasteiger partial charge is 0.335 e. The van der Waals surface area contributed by atoms with E-state index < -0.39 is 5.97 Å². The predicted molar refractivity (Wildman–Crippen MR) is 93.0 cm³/mol. The van der Waals surface area contributed by atoms with E-state index in [0.29, 0.717) is 9.23 Å². The van der Waals surface area contributed by atoms with Crippen LogP contribution in [0.25, 0.3) is 16.5 Å².